The molecular weight excluding hydrogens is 250 g/mol. The Morgan fingerprint density at radius 2 is 1.65 bits per heavy atom. The Morgan fingerprint density at radius 1 is 0.900 bits per heavy atom. The maximum absolute atomic E-state index is 11.4. The van der Waals surface area contributed by atoms with E-state index >= 15 is 0 Å². The van der Waals surface area contributed by atoms with Gasteiger partial charge >= 0.3 is 0 Å². The molecule has 0 unspecified atom stereocenters. The zero-order valence-electron chi connectivity index (χ0n) is 13.1. The fraction of sp³-hybridized carbons (Fsp3) is 0.938. The smallest absolute Gasteiger partial charge is 0.219 e. The van der Waals surface area contributed by atoms with Crippen molar-refractivity contribution in [3.63, 3.8) is 0 Å². The minimum atomic E-state index is 0.247. The first kappa shape index (κ1) is 14.3. The van der Waals surface area contributed by atoms with Gasteiger partial charge in [0.15, 0.2) is 0 Å². The number of piperidine rings is 1. The second-order valence-electron chi connectivity index (χ2n) is 6.87. The largest absolute Gasteiger partial charge is 0.343 e. The van der Waals surface area contributed by atoms with Gasteiger partial charge in [-0.3, -0.25) is 9.69 Å². The van der Waals surface area contributed by atoms with Gasteiger partial charge in [-0.1, -0.05) is 6.42 Å². The third-order valence-corrected chi connectivity index (χ3v) is 5.76. The van der Waals surface area contributed by atoms with Crippen LogP contribution < -0.4 is 0 Å². The third-order valence-electron chi connectivity index (χ3n) is 5.76. The number of carbonyl (C=O) groups excluding carboxylic acids is 1. The molecule has 0 saturated carbocycles. The predicted molar refractivity (Wildman–Crippen MR) is 80.7 cm³/mol. The van der Waals surface area contributed by atoms with Crippen molar-refractivity contribution >= 4 is 5.91 Å². The lowest BCUT2D eigenvalue weighted by Crippen LogP contribution is -2.50. The molecule has 0 aromatic heterocycles. The van der Waals surface area contributed by atoms with E-state index in [0.29, 0.717) is 6.04 Å². The maximum Gasteiger partial charge on any atom is 0.219 e. The number of rotatable bonds is 1. The van der Waals surface area contributed by atoms with Crippen LogP contribution in [0.2, 0.25) is 0 Å². The number of likely N-dealkylation sites (N-methyl/N-ethyl adjacent to an activating group) is 1. The normalized spacial score (nSPS) is 34.0. The molecule has 20 heavy (non-hydrogen) atoms. The van der Waals surface area contributed by atoms with Crippen molar-refractivity contribution in [1.82, 2.24) is 14.7 Å². The van der Waals surface area contributed by atoms with Crippen molar-refractivity contribution in [3.8, 4) is 0 Å². The first-order valence-electron chi connectivity index (χ1n) is 8.38. The zero-order chi connectivity index (χ0) is 14.1. The Hall–Kier alpha value is -0.610. The van der Waals surface area contributed by atoms with Gasteiger partial charge in [0.1, 0.15) is 0 Å². The molecule has 4 nitrogen and oxygen atoms in total. The van der Waals surface area contributed by atoms with Crippen LogP contribution in [0.15, 0.2) is 0 Å². The van der Waals surface area contributed by atoms with Crippen molar-refractivity contribution in [2.75, 3.05) is 33.2 Å². The minimum Gasteiger partial charge on any atom is -0.343 e. The highest BCUT2D eigenvalue weighted by molar-refractivity contribution is 5.73. The molecule has 4 heteroatoms. The van der Waals surface area contributed by atoms with Gasteiger partial charge in [-0.2, -0.15) is 0 Å². The molecule has 0 spiro atoms. The molecule has 3 rings (SSSR count). The number of likely N-dealkylation sites (tertiary alicyclic amines) is 3. The number of hydrogen-bond acceptors (Lipinski definition) is 3. The summed E-state index contributed by atoms with van der Waals surface area (Å²) in [6.07, 6.45) is 7.81. The molecule has 114 valence electrons. The fourth-order valence-electron chi connectivity index (χ4n) is 4.58. The molecular formula is C16H29N3O. The van der Waals surface area contributed by atoms with Gasteiger partial charge < -0.3 is 9.80 Å². The van der Waals surface area contributed by atoms with Gasteiger partial charge in [0.05, 0.1) is 0 Å². The number of hydrogen-bond donors (Lipinski definition) is 0. The van der Waals surface area contributed by atoms with Crippen molar-refractivity contribution in [3.05, 3.63) is 0 Å². The summed E-state index contributed by atoms with van der Waals surface area (Å²) in [6.45, 7) is 6.17. The van der Waals surface area contributed by atoms with Crippen molar-refractivity contribution in [2.24, 2.45) is 0 Å². The van der Waals surface area contributed by atoms with Crippen LogP contribution in [0.3, 0.4) is 0 Å². The van der Waals surface area contributed by atoms with Crippen molar-refractivity contribution in [2.45, 2.75) is 63.6 Å². The molecule has 0 aromatic carbocycles. The van der Waals surface area contributed by atoms with Crippen LogP contribution in [0.1, 0.15) is 45.4 Å². The van der Waals surface area contributed by atoms with E-state index in [2.05, 4.69) is 16.8 Å². The highest BCUT2D eigenvalue weighted by atomic mass is 16.2. The first-order valence-corrected chi connectivity index (χ1v) is 8.38. The first-order chi connectivity index (χ1) is 9.66. The SMILES string of the molecule is CC(=O)N1CCC(N2CC[C@@H]3[C@H]2CCCCN3C)CC1. The standard InChI is InChI=1S/C16H29N3O/c1-13(20)18-10-6-14(7-11-18)19-12-8-15-16(19)5-3-4-9-17(15)2/h14-16H,3-12H2,1-2H3/t15-,16-/m1/s1. The molecule has 0 bridgehead atoms. The Kier molecular flexibility index (Phi) is 4.32. The van der Waals surface area contributed by atoms with Crippen LogP contribution in [0.25, 0.3) is 0 Å². The summed E-state index contributed by atoms with van der Waals surface area (Å²) in [6, 6.07) is 2.27. The number of nitrogens with zero attached hydrogens (tertiary/aromatic N) is 3. The molecule has 0 radical (unpaired) electrons. The molecule has 3 fully saturated rings. The van der Waals surface area contributed by atoms with Crippen LogP contribution in [0, 0.1) is 0 Å². The summed E-state index contributed by atoms with van der Waals surface area (Å²) in [5, 5.41) is 0. The second kappa shape index (κ2) is 6.02. The molecule has 0 aromatic rings. The zero-order valence-corrected chi connectivity index (χ0v) is 13.1. The minimum absolute atomic E-state index is 0.247. The molecule has 0 aliphatic carbocycles. The highest BCUT2D eigenvalue weighted by Gasteiger charge is 2.41. The van der Waals surface area contributed by atoms with Crippen LogP contribution in [-0.4, -0.2) is 72.0 Å². The Balaban J connectivity index is 1.62. The molecule has 3 heterocycles. The second-order valence-corrected chi connectivity index (χ2v) is 6.87. The monoisotopic (exact) mass is 279 g/mol. The van der Waals surface area contributed by atoms with Crippen molar-refractivity contribution in [1.29, 1.82) is 0 Å². The van der Waals surface area contributed by atoms with Gasteiger partial charge in [-0.25, -0.2) is 0 Å². The Bertz CT molecular complexity index is 352. The molecule has 0 N–H and O–H groups in total. The summed E-state index contributed by atoms with van der Waals surface area (Å²) >= 11 is 0. The lowest BCUT2D eigenvalue weighted by molar-refractivity contribution is -0.130. The van der Waals surface area contributed by atoms with Crippen LogP contribution in [-0.2, 0) is 4.79 Å². The fourth-order valence-corrected chi connectivity index (χ4v) is 4.58. The number of amides is 1. The lowest BCUT2D eigenvalue weighted by atomic mass is 9.99. The van der Waals surface area contributed by atoms with Crippen molar-refractivity contribution < 1.29 is 4.79 Å². The maximum atomic E-state index is 11.4. The molecule has 2 atom stereocenters. The van der Waals surface area contributed by atoms with Gasteiger partial charge in [0.2, 0.25) is 5.91 Å². The van der Waals surface area contributed by atoms with Gasteiger partial charge in [0, 0.05) is 44.7 Å². The average Bonchev–Trinajstić information content (AvgIpc) is 2.79. The van der Waals surface area contributed by atoms with E-state index < -0.39 is 0 Å². The third kappa shape index (κ3) is 2.73. The van der Waals surface area contributed by atoms with Crippen LogP contribution >= 0.6 is 0 Å². The van der Waals surface area contributed by atoms with E-state index in [4.69, 9.17) is 0 Å². The molecule has 3 aliphatic heterocycles. The number of carbonyl (C=O) groups is 1. The molecule has 3 aliphatic rings. The predicted octanol–water partition coefficient (Wildman–Crippen LogP) is 1.56. The van der Waals surface area contributed by atoms with E-state index in [9.17, 15) is 4.79 Å². The Morgan fingerprint density at radius 3 is 2.35 bits per heavy atom. The summed E-state index contributed by atoms with van der Waals surface area (Å²) in [4.78, 5) is 18.9. The Labute approximate surface area is 123 Å². The van der Waals surface area contributed by atoms with E-state index in [1.807, 2.05) is 4.90 Å². The average molecular weight is 279 g/mol. The van der Waals surface area contributed by atoms with E-state index in [1.165, 1.54) is 51.6 Å². The summed E-state index contributed by atoms with van der Waals surface area (Å²) < 4.78 is 0. The molecule has 1 amide bonds. The van der Waals surface area contributed by atoms with E-state index in [-0.39, 0.29) is 5.91 Å². The van der Waals surface area contributed by atoms with E-state index in [0.717, 1.165) is 25.2 Å². The molecule has 3 saturated heterocycles. The van der Waals surface area contributed by atoms with Crippen LogP contribution in [0.5, 0.6) is 0 Å². The quantitative estimate of drug-likeness (QED) is 0.729. The lowest BCUT2D eigenvalue weighted by Gasteiger charge is -2.40. The van der Waals surface area contributed by atoms with E-state index in [1.54, 1.807) is 6.92 Å². The van der Waals surface area contributed by atoms with Gasteiger partial charge in [-0.15, -0.1) is 0 Å². The highest BCUT2D eigenvalue weighted by Crippen LogP contribution is 2.33. The van der Waals surface area contributed by atoms with Gasteiger partial charge in [0.25, 0.3) is 0 Å². The summed E-state index contributed by atoms with van der Waals surface area (Å²) in [5.41, 5.74) is 0. The topological polar surface area (TPSA) is 26.8 Å². The van der Waals surface area contributed by atoms with Gasteiger partial charge in [-0.05, 0) is 45.7 Å². The summed E-state index contributed by atoms with van der Waals surface area (Å²) in [7, 11) is 2.31. The summed E-state index contributed by atoms with van der Waals surface area (Å²) in [5.74, 6) is 0.247. The van der Waals surface area contributed by atoms with Crippen LogP contribution in [0.4, 0.5) is 0 Å². The number of fused-ring (bicyclic) bond motifs is 1.